The predicted molar refractivity (Wildman–Crippen MR) is 164 cm³/mol. The van der Waals surface area contributed by atoms with Crippen LogP contribution < -0.4 is 16.0 Å². The highest BCUT2D eigenvalue weighted by Crippen LogP contribution is 2.32. The molecular formula is C29H28N4O2S3. The Balaban J connectivity index is 1.33. The zero-order chi connectivity index (χ0) is 27.2. The van der Waals surface area contributed by atoms with E-state index in [1.165, 1.54) is 35.6 Å². The fraction of sp³-hybridized carbons (Fsp3) is 0.172. The minimum atomic E-state index is -0.331. The molecule has 1 aromatic heterocycles. The Morgan fingerprint density at radius 2 is 1.61 bits per heavy atom. The number of rotatable bonds is 8. The first-order chi connectivity index (χ1) is 18.2. The van der Waals surface area contributed by atoms with Gasteiger partial charge in [0.05, 0.1) is 10.9 Å². The molecule has 0 aliphatic heterocycles. The summed E-state index contributed by atoms with van der Waals surface area (Å²) < 4.78 is 0. The summed E-state index contributed by atoms with van der Waals surface area (Å²) in [5, 5.41) is 9.95. The molecule has 3 aromatic carbocycles. The van der Waals surface area contributed by atoms with Crippen LogP contribution in [-0.4, -0.2) is 27.0 Å². The third-order valence-electron chi connectivity index (χ3n) is 5.68. The number of aryl methyl sites for hydroxylation is 2. The first-order valence-electron chi connectivity index (χ1n) is 12.0. The van der Waals surface area contributed by atoms with Crippen molar-refractivity contribution in [3.8, 4) is 11.3 Å². The Kier molecular flexibility index (Phi) is 8.93. The van der Waals surface area contributed by atoms with Gasteiger partial charge in [-0.25, -0.2) is 4.98 Å². The van der Waals surface area contributed by atoms with Crippen LogP contribution in [0.1, 0.15) is 34.6 Å². The zero-order valence-electron chi connectivity index (χ0n) is 21.5. The number of thiocarbonyl (C=S) groups is 1. The Morgan fingerprint density at radius 1 is 0.921 bits per heavy atom. The summed E-state index contributed by atoms with van der Waals surface area (Å²) in [5.74, 6) is -0.0907. The first-order valence-corrected chi connectivity index (χ1v) is 14.1. The molecule has 4 rings (SSSR count). The van der Waals surface area contributed by atoms with E-state index in [9.17, 15) is 9.59 Å². The molecule has 6 nitrogen and oxygen atoms in total. The average molecular weight is 561 g/mol. The molecule has 4 aromatic rings. The minimum absolute atomic E-state index is 0.0169. The van der Waals surface area contributed by atoms with Gasteiger partial charge in [-0.1, -0.05) is 35.9 Å². The van der Waals surface area contributed by atoms with Crippen LogP contribution in [0.5, 0.6) is 0 Å². The SMILES string of the molecule is CC(=O)c1ccc(NC(=S)Nc2cccc(SC(C)C(=O)Nc3nc(-c4ccc(C)cc4)c(C)s3)c2)cc1. The second-order valence-corrected chi connectivity index (χ2v) is 11.8. The summed E-state index contributed by atoms with van der Waals surface area (Å²) in [7, 11) is 0. The molecule has 9 heteroatoms. The van der Waals surface area contributed by atoms with Gasteiger partial charge >= 0.3 is 0 Å². The molecule has 0 fully saturated rings. The van der Waals surface area contributed by atoms with Gasteiger partial charge in [0.1, 0.15) is 0 Å². The standard InChI is InChI=1S/C29H28N4O2S3/c1-17-8-10-22(11-9-17)26-19(3)38-29(32-26)33-27(35)20(4)37-25-7-5-6-24(16-25)31-28(36)30-23-14-12-21(13-15-23)18(2)34/h5-16,20H,1-4H3,(H2,30,31,36)(H,32,33,35). The van der Waals surface area contributed by atoms with Crippen molar-refractivity contribution in [2.75, 3.05) is 16.0 Å². The fourth-order valence-electron chi connectivity index (χ4n) is 3.62. The number of carbonyl (C=O) groups is 2. The molecule has 3 N–H and O–H groups in total. The van der Waals surface area contributed by atoms with Crippen molar-refractivity contribution in [2.24, 2.45) is 0 Å². The third-order valence-corrected chi connectivity index (χ3v) is 7.86. The Hall–Kier alpha value is -3.53. The number of thioether (sulfide) groups is 1. The number of nitrogens with one attached hydrogen (secondary N) is 3. The first kappa shape index (κ1) is 27.5. The Labute approximate surface area is 236 Å². The van der Waals surface area contributed by atoms with Gasteiger partial charge in [0.2, 0.25) is 5.91 Å². The number of carbonyl (C=O) groups excluding carboxylic acids is 2. The van der Waals surface area contributed by atoms with Crippen LogP contribution in [0.3, 0.4) is 0 Å². The molecule has 0 aliphatic rings. The summed E-state index contributed by atoms with van der Waals surface area (Å²) in [4.78, 5) is 31.0. The second-order valence-electron chi connectivity index (χ2n) is 8.78. The molecule has 1 unspecified atom stereocenters. The van der Waals surface area contributed by atoms with Crippen molar-refractivity contribution in [3.05, 3.63) is 88.8 Å². The van der Waals surface area contributed by atoms with Gasteiger partial charge < -0.3 is 16.0 Å². The van der Waals surface area contributed by atoms with Crippen LogP contribution in [-0.2, 0) is 4.79 Å². The highest BCUT2D eigenvalue weighted by atomic mass is 32.2. The number of Topliss-reactive ketones (excluding diaryl/α,β-unsaturated/α-hetero) is 1. The lowest BCUT2D eigenvalue weighted by Crippen LogP contribution is -2.22. The maximum atomic E-state index is 12.9. The van der Waals surface area contributed by atoms with Crippen LogP contribution in [0.4, 0.5) is 16.5 Å². The van der Waals surface area contributed by atoms with Gasteiger partial charge in [-0.3, -0.25) is 9.59 Å². The summed E-state index contributed by atoms with van der Waals surface area (Å²) in [6, 6.07) is 23.1. The van der Waals surface area contributed by atoms with E-state index in [0.29, 0.717) is 15.8 Å². The van der Waals surface area contributed by atoms with Crippen molar-refractivity contribution in [3.63, 3.8) is 0 Å². The van der Waals surface area contributed by atoms with E-state index in [2.05, 4.69) is 40.0 Å². The Bertz CT molecular complexity index is 1460. The molecule has 0 spiro atoms. The van der Waals surface area contributed by atoms with E-state index in [0.717, 1.165) is 32.4 Å². The van der Waals surface area contributed by atoms with Crippen LogP contribution >= 0.6 is 35.3 Å². The van der Waals surface area contributed by atoms with Crippen molar-refractivity contribution < 1.29 is 9.59 Å². The monoisotopic (exact) mass is 560 g/mol. The topological polar surface area (TPSA) is 83.1 Å². The smallest absolute Gasteiger partial charge is 0.239 e. The van der Waals surface area contributed by atoms with Crippen molar-refractivity contribution in [1.29, 1.82) is 0 Å². The maximum absolute atomic E-state index is 12.9. The molecule has 38 heavy (non-hydrogen) atoms. The summed E-state index contributed by atoms with van der Waals surface area (Å²) in [6.07, 6.45) is 0. The van der Waals surface area contributed by atoms with Gasteiger partial charge in [0.25, 0.3) is 0 Å². The number of hydrogen-bond acceptors (Lipinski definition) is 6. The average Bonchev–Trinajstić information content (AvgIpc) is 3.24. The number of thiazole rings is 1. The van der Waals surface area contributed by atoms with Crippen molar-refractivity contribution >= 4 is 68.6 Å². The second kappa shape index (κ2) is 12.3. The van der Waals surface area contributed by atoms with E-state index in [4.69, 9.17) is 12.2 Å². The number of ketones is 1. The van der Waals surface area contributed by atoms with Gasteiger partial charge in [-0.05, 0) is 82.4 Å². The quantitative estimate of drug-likeness (QED) is 0.117. The zero-order valence-corrected chi connectivity index (χ0v) is 23.9. The molecule has 0 saturated carbocycles. The van der Waals surface area contributed by atoms with E-state index in [1.807, 2.05) is 62.4 Å². The fourth-order valence-corrected chi connectivity index (χ4v) is 5.62. The van der Waals surface area contributed by atoms with Gasteiger partial charge in [0.15, 0.2) is 16.0 Å². The van der Waals surface area contributed by atoms with Crippen LogP contribution in [0.2, 0.25) is 0 Å². The maximum Gasteiger partial charge on any atom is 0.239 e. The Morgan fingerprint density at radius 3 is 2.29 bits per heavy atom. The lowest BCUT2D eigenvalue weighted by atomic mass is 10.1. The van der Waals surface area contributed by atoms with Crippen molar-refractivity contribution in [1.82, 2.24) is 4.98 Å². The molecule has 0 radical (unpaired) electrons. The van der Waals surface area contributed by atoms with E-state index in [1.54, 1.807) is 12.1 Å². The van der Waals surface area contributed by atoms with Gasteiger partial charge in [0, 0.05) is 32.3 Å². The lowest BCUT2D eigenvalue weighted by Gasteiger charge is -2.13. The van der Waals surface area contributed by atoms with E-state index >= 15 is 0 Å². The number of aromatic nitrogens is 1. The molecule has 0 aliphatic carbocycles. The minimum Gasteiger partial charge on any atom is -0.332 e. The van der Waals surface area contributed by atoms with Crippen LogP contribution in [0.25, 0.3) is 11.3 Å². The molecule has 0 saturated heterocycles. The van der Waals surface area contributed by atoms with Crippen LogP contribution in [0.15, 0.2) is 77.7 Å². The number of anilines is 3. The number of benzene rings is 3. The summed E-state index contributed by atoms with van der Waals surface area (Å²) in [5.41, 5.74) is 5.36. The van der Waals surface area contributed by atoms with Gasteiger partial charge in [-0.2, -0.15) is 0 Å². The largest absolute Gasteiger partial charge is 0.332 e. The molecule has 194 valence electrons. The third kappa shape index (κ3) is 7.28. The normalized spacial score (nSPS) is 11.5. The molecule has 0 bridgehead atoms. The van der Waals surface area contributed by atoms with Crippen molar-refractivity contribution in [2.45, 2.75) is 37.8 Å². The van der Waals surface area contributed by atoms with E-state index in [-0.39, 0.29) is 16.9 Å². The molecule has 1 heterocycles. The van der Waals surface area contributed by atoms with Gasteiger partial charge in [-0.15, -0.1) is 23.1 Å². The number of nitrogens with zero attached hydrogens (tertiary/aromatic N) is 1. The lowest BCUT2D eigenvalue weighted by molar-refractivity contribution is -0.115. The molecular weight excluding hydrogens is 533 g/mol. The summed E-state index contributed by atoms with van der Waals surface area (Å²) in [6.45, 7) is 7.47. The van der Waals surface area contributed by atoms with Crippen LogP contribution in [0, 0.1) is 13.8 Å². The number of hydrogen-bond donors (Lipinski definition) is 3. The molecule has 1 amide bonds. The predicted octanol–water partition coefficient (Wildman–Crippen LogP) is 7.56. The van der Waals surface area contributed by atoms with E-state index < -0.39 is 0 Å². The summed E-state index contributed by atoms with van der Waals surface area (Å²) >= 11 is 8.37. The molecule has 1 atom stereocenters. The highest BCUT2D eigenvalue weighted by molar-refractivity contribution is 8.00. The number of amides is 1. The highest BCUT2D eigenvalue weighted by Gasteiger charge is 2.18.